The third-order valence-corrected chi connectivity index (χ3v) is 7.27. The van der Waals surface area contributed by atoms with E-state index in [0.717, 1.165) is 12.8 Å². The highest BCUT2D eigenvalue weighted by Gasteiger charge is 2.51. The highest BCUT2D eigenvalue weighted by molar-refractivity contribution is 9.40. The lowest BCUT2D eigenvalue weighted by molar-refractivity contribution is -0.146. The normalized spacial score (nSPS) is 27.8. The summed E-state index contributed by atoms with van der Waals surface area (Å²) in [6, 6.07) is 0. The van der Waals surface area contributed by atoms with E-state index in [2.05, 4.69) is 113 Å². The van der Waals surface area contributed by atoms with Crippen LogP contribution in [0.3, 0.4) is 0 Å². The molecule has 0 aromatic rings. The Hall–Kier alpha value is 1.29. The third-order valence-electron chi connectivity index (χ3n) is 5.11. The molecule has 2 N–H and O–H groups in total. The Morgan fingerprint density at radius 2 is 1.38 bits per heavy atom. The fourth-order valence-electron chi connectivity index (χ4n) is 3.82. The van der Waals surface area contributed by atoms with Crippen molar-refractivity contribution in [2.24, 2.45) is 5.92 Å². The molecule has 2 amide bonds. The molecule has 1 aliphatic rings. The molecule has 0 spiro atoms. The predicted octanol–water partition coefficient (Wildman–Crippen LogP) is 5.56. The summed E-state index contributed by atoms with van der Waals surface area (Å²) in [6.45, 7) is 5.43. The zero-order chi connectivity index (χ0) is 22.7. The van der Waals surface area contributed by atoms with Gasteiger partial charge in [-0.25, -0.2) is 0 Å². The van der Waals surface area contributed by atoms with Gasteiger partial charge in [-0.3, -0.25) is 14.4 Å². The zero-order valence-corrected chi connectivity index (χ0v) is 25.7. The molecular formula is C17H24Br6N2O4. The first-order valence-electron chi connectivity index (χ1n) is 9.00. The minimum Gasteiger partial charge on any atom is -0.463 e. The molecule has 0 aromatic carbocycles. The summed E-state index contributed by atoms with van der Waals surface area (Å²) in [4.78, 5) is 37.0. The first-order chi connectivity index (χ1) is 13.1. The van der Waals surface area contributed by atoms with Crippen molar-refractivity contribution in [2.45, 2.75) is 68.2 Å². The predicted molar refractivity (Wildman–Crippen MR) is 135 cm³/mol. The topological polar surface area (TPSA) is 84.5 Å². The van der Waals surface area contributed by atoms with Crippen molar-refractivity contribution in [3.05, 3.63) is 0 Å². The number of hydrogen-bond acceptors (Lipinski definition) is 4. The maximum atomic E-state index is 12.8. The van der Waals surface area contributed by atoms with E-state index < -0.39 is 21.3 Å². The van der Waals surface area contributed by atoms with Crippen LogP contribution in [0.15, 0.2) is 0 Å². The molecular weight excluding hydrogens is 776 g/mol. The standard InChI is InChI=1S/C17H24Br6N2O4/c1-4-11-6-14(5-2,24-12(27)16(18,19)20)8-15(7-11,9-29-10(3)26)25-13(28)17(21,22)23/h11H,4-9H2,1-3H3,(H,24,27)(H,25,28). The SMILES string of the molecule is CCC1CC(CC)(NC(=O)C(Br)(Br)Br)CC(COC(C)=O)(NC(=O)C(Br)(Br)Br)C1. The van der Waals surface area contributed by atoms with Gasteiger partial charge in [0.05, 0.1) is 5.54 Å². The van der Waals surface area contributed by atoms with E-state index in [1.165, 1.54) is 6.92 Å². The Kier molecular flexibility index (Phi) is 10.7. The first-order valence-corrected chi connectivity index (χ1v) is 13.8. The van der Waals surface area contributed by atoms with E-state index in [0.29, 0.717) is 19.3 Å². The second-order valence-corrected chi connectivity index (χ2v) is 21.0. The molecule has 0 aromatic heterocycles. The van der Waals surface area contributed by atoms with Crippen LogP contribution in [0.5, 0.6) is 0 Å². The van der Waals surface area contributed by atoms with Crippen LogP contribution in [0.2, 0.25) is 0 Å². The van der Waals surface area contributed by atoms with Gasteiger partial charge in [0.1, 0.15) is 6.61 Å². The maximum absolute atomic E-state index is 12.8. The van der Waals surface area contributed by atoms with E-state index in [4.69, 9.17) is 4.74 Å². The van der Waals surface area contributed by atoms with Gasteiger partial charge in [0, 0.05) is 12.5 Å². The fraction of sp³-hybridized carbons (Fsp3) is 0.824. The number of amides is 2. The molecule has 0 aliphatic heterocycles. The van der Waals surface area contributed by atoms with Gasteiger partial charge in [-0.15, -0.1) is 0 Å². The van der Waals surface area contributed by atoms with Crippen molar-refractivity contribution in [3.8, 4) is 0 Å². The zero-order valence-electron chi connectivity index (χ0n) is 16.2. The number of alkyl halides is 6. The second kappa shape index (κ2) is 10.9. The highest BCUT2D eigenvalue weighted by atomic mass is 80.0. The smallest absolute Gasteiger partial charge is 0.302 e. The summed E-state index contributed by atoms with van der Waals surface area (Å²) < 4.78 is 3.12. The Morgan fingerprint density at radius 3 is 1.76 bits per heavy atom. The Labute approximate surface area is 221 Å². The molecule has 1 rings (SSSR count). The summed E-state index contributed by atoms with van der Waals surface area (Å²) >= 11 is 19.5. The molecule has 3 atom stereocenters. The summed E-state index contributed by atoms with van der Waals surface area (Å²) in [5.74, 6) is -0.842. The highest BCUT2D eigenvalue weighted by Crippen LogP contribution is 2.45. The number of carbonyl (C=O) groups is 3. The van der Waals surface area contributed by atoms with Crippen LogP contribution in [0.25, 0.3) is 0 Å². The Morgan fingerprint density at radius 1 is 0.931 bits per heavy atom. The monoisotopic (exact) mass is 794 g/mol. The van der Waals surface area contributed by atoms with Gasteiger partial charge < -0.3 is 15.4 Å². The van der Waals surface area contributed by atoms with Gasteiger partial charge in [0.15, 0.2) is 0 Å². The van der Waals surface area contributed by atoms with Crippen molar-refractivity contribution in [1.82, 2.24) is 10.6 Å². The number of hydrogen-bond donors (Lipinski definition) is 2. The van der Waals surface area contributed by atoms with Crippen LogP contribution < -0.4 is 10.6 Å². The lowest BCUT2D eigenvalue weighted by Crippen LogP contribution is -2.66. The van der Waals surface area contributed by atoms with Gasteiger partial charge in [-0.2, -0.15) is 0 Å². The minimum atomic E-state index is -1.15. The molecule has 29 heavy (non-hydrogen) atoms. The Bertz CT molecular complexity index is 636. The van der Waals surface area contributed by atoms with Gasteiger partial charge >= 0.3 is 5.97 Å². The van der Waals surface area contributed by atoms with Crippen molar-refractivity contribution in [1.29, 1.82) is 0 Å². The number of rotatable bonds is 6. The van der Waals surface area contributed by atoms with Crippen LogP contribution in [0.1, 0.15) is 52.9 Å². The van der Waals surface area contributed by atoms with Gasteiger partial charge in [0.25, 0.3) is 11.8 Å². The summed E-state index contributed by atoms with van der Waals surface area (Å²) in [7, 11) is 0. The quantitative estimate of drug-likeness (QED) is 0.273. The molecule has 0 heterocycles. The maximum Gasteiger partial charge on any atom is 0.302 e. The molecule has 0 bridgehead atoms. The number of esters is 1. The number of ether oxygens (including phenoxy) is 1. The fourth-order valence-corrected chi connectivity index (χ4v) is 4.41. The molecule has 1 aliphatic carbocycles. The molecule has 1 saturated carbocycles. The summed E-state index contributed by atoms with van der Waals surface area (Å²) in [5.41, 5.74) is -1.42. The molecule has 1 fully saturated rings. The van der Waals surface area contributed by atoms with Crippen LogP contribution in [0.4, 0.5) is 0 Å². The number of carbonyl (C=O) groups excluding carboxylic acids is 3. The van der Waals surface area contributed by atoms with Crippen molar-refractivity contribution < 1.29 is 19.1 Å². The van der Waals surface area contributed by atoms with Crippen molar-refractivity contribution >= 4 is 113 Å². The summed E-state index contributed by atoms with van der Waals surface area (Å²) in [6.07, 6.45) is 3.32. The lowest BCUT2D eigenvalue weighted by Gasteiger charge is -2.51. The molecule has 0 saturated heterocycles. The van der Waals surface area contributed by atoms with Crippen LogP contribution in [0, 0.1) is 5.92 Å². The van der Waals surface area contributed by atoms with Crippen LogP contribution in [-0.4, -0.2) is 39.8 Å². The van der Waals surface area contributed by atoms with Crippen LogP contribution in [-0.2, 0) is 19.1 Å². The van der Waals surface area contributed by atoms with Gasteiger partial charge in [-0.05, 0) is 127 Å². The molecule has 0 radical (unpaired) electrons. The van der Waals surface area contributed by atoms with Gasteiger partial charge in [-0.1, -0.05) is 20.3 Å². The summed E-state index contributed by atoms with van der Waals surface area (Å²) in [5, 5.41) is 6.18. The first kappa shape index (κ1) is 28.3. The van der Waals surface area contributed by atoms with E-state index in [-0.39, 0.29) is 24.3 Å². The lowest BCUT2D eigenvalue weighted by atomic mass is 9.64. The van der Waals surface area contributed by atoms with Crippen molar-refractivity contribution in [2.75, 3.05) is 6.61 Å². The largest absolute Gasteiger partial charge is 0.463 e. The van der Waals surface area contributed by atoms with E-state index in [1.807, 2.05) is 6.92 Å². The molecule has 12 heteroatoms. The second-order valence-electron chi connectivity index (χ2n) is 7.46. The average Bonchev–Trinajstić information content (AvgIpc) is 2.58. The van der Waals surface area contributed by atoms with Crippen molar-refractivity contribution in [3.63, 3.8) is 0 Å². The molecule has 3 unspecified atom stereocenters. The molecule has 6 nitrogen and oxygen atoms in total. The Balaban J connectivity index is 3.34. The van der Waals surface area contributed by atoms with E-state index in [1.54, 1.807) is 0 Å². The van der Waals surface area contributed by atoms with E-state index >= 15 is 0 Å². The molecule has 168 valence electrons. The van der Waals surface area contributed by atoms with Gasteiger partial charge in [0.2, 0.25) is 4.29 Å². The number of halogens is 6. The third kappa shape index (κ3) is 8.63. The minimum absolute atomic E-state index is 0.0212. The number of nitrogens with one attached hydrogen (secondary N) is 2. The average molecular weight is 800 g/mol. The van der Waals surface area contributed by atoms with Crippen LogP contribution >= 0.6 is 95.6 Å². The van der Waals surface area contributed by atoms with E-state index in [9.17, 15) is 14.4 Å².